The van der Waals surface area contributed by atoms with Crippen LogP contribution in [0.25, 0.3) is 24.3 Å². The number of rotatable bonds is 22. The molecule has 0 aromatic heterocycles. The van der Waals surface area contributed by atoms with E-state index >= 15 is 0 Å². The highest BCUT2D eigenvalue weighted by molar-refractivity contribution is 5.73. The molecule has 0 N–H and O–H groups in total. The second-order valence-electron chi connectivity index (χ2n) is 11.1. The fourth-order valence-electron chi connectivity index (χ4n) is 4.81. The van der Waals surface area contributed by atoms with Crippen molar-refractivity contribution in [3.63, 3.8) is 0 Å². The molecule has 0 fully saturated rings. The van der Waals surface area contributed by atoms with E-state index in [4.69, 9.17) is 9.47 Å². The molecule has 0 unspecified atom stereocenters. The van der Waals surface area contributed by atoms with E-state index in [1.807, 2.05) is 6.08 Å². The number of ether oxygens (including phenoxy) is 2. The van der Waals surface area contributed by atoms with Crippen LogP contribution in [-0.2, 0) is 0 Å². The molecule has 42 heavy (non-hydrogen) atoms. The highest BCUT2D eigenvalue weighted by Crippen LogP contribution is 2.18. The Labute approximate surface area is 256 Å². The van der Waals surface area contributed by atoms with Crippen molar-refractivity contribution in [2.24, 2.45) is 0 Å². The second kappa shape index (κ2) is 21.2. The standard InChI is InChI=1S/C40H52O2/c1-3-5-7-9-11-12-14-16-34-42-40-31-27-38(28-32-40)24-22-36-19-17-35(18-20-36)21-23-37-25-29-39(30-26-37)41-33-15-13-10-8-6-4-2/h3,17-32H,1,4-16,33-34H2,2H3. The summed E-state index contributed by atoms with van der Waals surface area (Å²) in [6.45, 7) is 7.64. The lowest BCUT2D eigenvalue weighted by Crippen LogP contribution is -1.97. The van der Waals surface area contributed by atoms with Crippen molar-refractivity contribution >= 4 is 24.3 Å². The maximum atomic E-state index is 5.93. The van der Waals surface area contributed by atoms with Crippen molar-refractivity contribution in [2.75, 3.05) is 13.2 Å². The van der Waals surface area contributed by atoms with Crippen molar-refractivity contribution in [3.8, 4) is 11.5 Å². The van der Waals surface area contributed by atoms with Crippen LogP contribution in [-0.4, -0.2) is 13.2 Å². The van der Waals surface area contributed by atoms with Gasteiger partial charge in [0.25, 0.3) is 0 Å². The van der Waals surface area contributed by atoms with Crippen molar-refractivity contribution in [1.29, 1.82) is 0 Å². The van der Waals surface area contributed by atoms with Gasteiger partial charge in [0.05, 0.1) is 13.2 Å². The molecule has 0 bridgehead atoms. The maximum Gasteiger partial charge on any atom is 0.119 e. The first-order valence-electron chi connectivity index (χ1n) is 16.3. The number of allylic oxidation sites excluding steroid dienone is 1. The van der Waals surface area contributed by atoms with E-state index < -0.39 is 0 Å². The topological polar surface area (TPSA) is 18.5 Å². The van der Waals surface area contributed by atoms with Gasteiger partial charge in [-0.3, -0.25) is 0 Å². The van der Waals surface area contributed by atoms with Crippen molar-refractivity contribution < 1.29 is 9.47 Å². The van der Waals surface area contributed by atoms with Gasteiger partial charge in [-0.05, 0) is 72.2 Å². The van der Waals surface area contributed by atoms with Crippen LogP contribution in [0.4, 0.5) is 0 Å². The molecule has 0 amide bonds. The molecule has 0 saturated heterocycles. The summed E-state index contributed by atoms with van der Waals surface area (Å²) < 4.78 is 11.8. The lowest BCUT2D eigenvalue weighted by molar-refractivity contribution is 0.304. The van der Waals surface area contributed by atoms with Gasteiger partial charge in [-0.15, -0.1) is 6.58 Å². The summed E-state index contributed by atoms with van der Waals surface area (Å²) in [5, 5.41) is 0. The van der Waals surface area contributed by atoms with Gasteiger partial charge in [-0.1, -0.05) is 144 Å². The van der Waals surface area contributed by atoms with E-state index in [0.717, 1.165) is 44.0 Å². The van der Waals surface area contributed by atoms with Gasteiger partial charge in [-0.2, -0.15) is 0 Å². The number of hydrogen-bond acceptors (Lipinski definition) is 2. The number of unbranched alkanes of at least 4 members (excludes halogenated alkanes) is 11. The van der Waals surface area contributed by atoms with Crippen LogP contribution < -0.4 is 9.47 Å². The van der Waals surface area contributed by atoms with Crippen molar-refractivity contribution in [1.82, 2.24) is 0 Å². The Morgan fingerprint density at radius 3 is 1.17 bits per heavy atom. The van der Waals surface area contributed by atoms with E-state index in [1.54, 1.807) is 0 Å². The predicted molar refractivity (Wildman–Crippen MR) is 184 cm³/mol. The number of hydrogen-bond donors (Lipinski definition) is 0. The molecule has 0 heterocycles. The second-order valence-corrected chi connectivity index (χ2v) is 11.1. The Morgan fingerprint density at radius 2 is 0.786 bits per heavy atom. The third kappa shape index (κ3) is 14.4. The average molecular weight is 565 g/mol. The zero-order valence-corrected chi connectivity index (χ0v) is 25.9. The summed E-state index contributed by atoms with van der Waals surface area (Å²) in [6, 6.07) is 25.4. The largest absolute Gasteiger partial charge is 0.494 e. The molecule has 0 atom stereocenters. The van der Waals surface area contributed by atoms with Crippen LogP contribution in [0.15, 0.2) is 85.5 Å². The van der Waals surface area contributed by atoms with Gasteiger partial charge in [0.1, 0.15) is 11.5 Å². The predicted octanol–water partition coefficient (Wildman–Crippen LogP) is 12.1. The smallest absolute Gasteiger partial charge is 0.119 e. The van der Waals surface area contributed by atoms with E-state index in [9.17, 15) is 0 Å². The SMILES string of the molecule is C=CCCCCCCCCOc1ccc(C=Cc2ccc(C=Cc3ccc(OCCCCCCCC)cc3)cc2)cc1. The summed E-state index contributed by atoms with van der Waals surface area (Å²) >= 11 is 0. The highest BCUT2D eigenvalue weighted by atomic mass is 16.5. The maximum absolute atomic E-state index is 5.93. The minimum atomic E-state index is 0.793. The molecule has 2 nitrogen and oxygen atoms in total. The summed E-state index contributed by atoms with van der Waals surface area (Å²) in [4.78, 5) is 0. The molecule has 0 aliphatic rings. The zero-order chi connectivity index (χ0) is 29.5. The molecule has 3 aromatic rings. The Hall–Kier alpha value is -3.52. The van der Waals surface area contributed by atoms with Crippen LogP contribution >= 0.6 is 0 Å². The van der Waals surface area contributed by atoms with Crippen LogP contribution in [0.3, 0.4) is 0 Å². The minimum Gasteiger partial charge on any atom is -0.494 e. The molecule has 0 saturated carbocycles. The third-order valence-corrected chi connectivity index (χ3v) is 7.47. The van der Waals surface area contributed by atoms with Gasteiger partial charge in [0, 0.05) is 0 Å². The minimum absolute atomic E-state index is 0.793. The first-order valence-corrected chi connectivity index (χ1v) is 16.3. The van der Waals surface area contributed by atoms with Gasteiger partial charge in [0.15, 0.2) is 0 Å². The van der Waals surface area contributed by atoms with Gasteiger partial charge in [0.2, 0.25) is 0 Å². The monoisotopic (exact) mass is 564 g/mol. The fraction of sp³-hybridized carbons (Fsp3) is 0.400. The first kappa shape index (κ1) is 33.0. The molecule has 2 heteroatoms. The highest BCUT2D eigenvalue weighted by Gasteiger charge is 1.98. The van der Waals surface area contributed by atoms with E-state index in [2.05, 4.69) is 111 Å². The Kier molecular flexibility index (Phi) is 16.7. The molecule has 3 aromatic carbocycles. The van der Waals surface area contributed by atoms with Crippen molar-refractivity contribution in [2.45, 2.75) is 90.4 Å². The van der Waals surface area contributed by atoms with Gasteiger partial charge >= 0.3 is 0 Å². The van der Waals surface area contributed by atoms with Gasteiger partial charge in [-0.25, -0.2) is 0 Å². The molecule has 3 rings (SSSR count). The van der Waals surface area contributed by atoms with Crippen LogP contribution in [0, 0.1) is 0 Å². The molecule has 0 radical (unpaired) electrons. The van der Waals surface area contributed by atoms with E-state index in [-0.39, 0.29) is 0 Å². The first-order chi connectivity index (χ1) is 20.8. The van der Waals surface area contributed by atoms with Crippen LogP contribution in [0.1, 0.15) is 113 Å². The molecular formula is C40H52O2. The van der Waals surface area contributed by atoms with Crippen molar-refractivity contribution in [3.05, 3.63) is 108 Å². The van der Waals surface area contributed by atoms with Crippen LogP contribution in [0.5, 0.6) is 11.5 Å². The molecular weight excluding hydrogens is 512 g/mol. The molecule has 224 valence electrons. The third-order valence-electron chi connectivity index (χ3n) is 7.47. The number of benzene rings is 3. The summed E-state index contributed by atoms with van der Waals surface area (Å²) in [5.74, 6) is 1.90. The van der Waals surface area contributed by atoms with E-state index in [1.165, 1.54) is 86.5 Å². The zero-order valence-electron chi connectivity index (χ0n) is 25.9. The Morgan fingerprint density at radius 1 is 0.452 bits per heavy atom. The lowest BCUT2D eigenvalue weighted by Gasteiger charge is -2.06. The normalized spacial score (nSPS) is 11.4. The lowest BCUT2D eigenvalue weighted by atomic mass is 10.1. The fourth-order valence-corrected chi connectivity index (χ4v) is 4.81. The molecule has 0 aliphatic carbocycles. The van der Waals surface area contributed by atoms with E-state index in [0.29, 0.717) is 0 Å². The average Bonchev–Trinajstić information content (AvgIpc) is 3.03. The Balaban J connectivity index is 1.33. The summed E-state index contributed by atoms with van der Waals surface area (Å²) in [7, 11) is 0. The molecule has 0 spiro atoms. The summed E-state index contributed by atoms with van der Waals surface area (Å²) in [5.41, 5.74) is 4.71. The summed E-state index contributed by atoms with van der Waals surface area (Å²) in [6.07, 6.45) is 27.0. The quantitative estimate of drug-likeness (QED) is 0.0686. The van der Waals surface area contributed by atoms with Crippen LogP contribution in [0.2, 0.25) is 0 Å². The Bertz CT molecular complexity index is 1150. The molecule has 0 aliphatic heterocycles. The van der Waals surface area contributed by atoms with Gasteiger partial charge < -0.3 is 9.47 Å².